The van der Waals surface area contributed by atoms with Crippen LogP contribution in [0.5, 0.6) is 0 Å². The Balaban J connectivity index is 1.41. The highest BCUT2D eigenvalue weighted by Crippen LogP contribution is 2.44. The summed E-state index contributed by atoms with van der Waals surface area (Å²) >= 11 is 0. The van der Waals surface area contributed by atoms with Gasteiger partial charge in [-0.15, -0.1) is 10.2 Å². The quantitative estimate of drug-likeness (QED) is 0.776. The first-order valence-electron chi connectivity index (χ1n) is 8.84. The van der Waals surface area contributed by atoms with Gasteiger partial charge in [-0.05, 0) is 43.4 Å². The maximum absolute atomic E-state index is 4.49. The number of aromatic amines is 1. The first-order chi connectivity index (χ1) is 12.3. The molecular formula is C18H21N7. The number of rotatable bonds is 2. The van der Waals surface area contributed by atoms with Crippen LogP contribution in [0.15, 0.2) is 30.7 Å². The Bertz CT molecular complexity index is 894. The molecule has 1 atom stereocenters. The molecule has 0 bridgehead atoms. The minimum absolute atomic E-state index is 0.199. The molecule has 1 fully saturated rings. The number of nitrogens with zero attached hydrogens (tertiary/aromatic N) is 6. The van der Waals surface area contributed by atoms with Crippen molar-refractivity contribution in [3.8, 4) is 11.5 Å². The zero-order valence-corrected chi connectivity index (χ0v) is 14.3. The van der Waals surface area contributed by atoms with Crippen molar-refractivity contribution >= 4 is 5.82 Å². The molecule has 1 N–H and O–H groups in total. The van der Waals surface area contributed by atoms with Crippen molar-refractivity contribution in [2.24, 2.45) is 7.05 Å². The molecule has 0 saturated carbocycles. The summed E-state index contributed by atoms with van der Waals surface area (Å²) < 4.78 is 1.96. The predicted octanol–water partition coefficient (Wildman–Crippen LogP) is 2.08. The Morgan fingerprint density at radius 1 is 1.20 bits per heavy atom. The van der Waals surface area contributed by atoms with E-state index in [-0.39, 0.29) is 5.41 Å². The molecule has 3 aromatic rings. The van der Waals surface area contributed by atoms with Crippen molar-refractivity contribution in [2.75, 3.05) is 18.0 Å². The molecule has 1 unspecified atom stereocenters. The summed E-state index contributed by atoms with van der Waals surface area (Å²) in [4.78, 5) is 6.71. The van der Waals surface area contributed by atoms with Gasteiger partial charge in [0.15, 0.2) is 11.6 Å². The summed E-state index contributed by atoms with van der Waals surface area (Å²) in [5.74, 6) is 1.79. The van der Waals surface area contributed by atoms with Crippen LogP contribution in [-0.2, 0) is 18.9 Å². The van der Waals surface area contributed by atoms with E-state index in [0.717, 1.165) is 36.8 Å². The number of fused-ring (bicyclic) bond motifs is 2. The van der Waals surface area contributed by atoms with Crippen LogP contribution >= 0.6 is 0 Å². The SMILES string of the molecule is Cn1ccnc1-c1ccc(N2CCCC3(CCc4cn[nH]c43)C2)nn1. The van der Waals surface area contributed by atoms with Crippen LogP contribution in [0, 0.1) is 0 Å². The molecular weight excluding hydrogens is 314 g/mol. The number of H-pyrrole nitrogens is 1. The average Bonchev–Trinajstić information content (AvgIpc) is 3.35. The monoisotopic (exact) mass is 335 g/mol. The number of hydrogen-bond acceptors (Lipinski definition) is 5. The van der Waals surface area contributed by atoms with Gasteiger partial charge in [-0.25, -0.2) is 4.98 Å². The van der Waals surface area contributed by atoms with E-state index in [0.29, 0.717) is 0 Å². The number of nitrogens with one attached hydrogen (secondary N) is 1. The smallest absolute Gasteiger partial charge is 0.160 e. The second-order valence-electron chi connectivity index (χ2n) is 7.21. The number of aryl methyl sites for hydroxylation is 2. The fourth-order valence-corrected chi connectivity index (χ4v) is 4.42. The van der Waals surface area contributed by atoms with Gasteiger partial charge in [-0.1, -0.05) is 0 Å². The van der Waals surface area contributed by atoms with E-state index < -0.39 is 0 Å². The number of piperidine rings is 1. The van der Waals surface area contributed by atoms with E-state index in [1.807, 2.05) is 30.1 Å². The highest BCUT2D eigenvalue weighted by atomic mass is 15.3. The summed E-state index contributed by atoms with van der Waals surface area (Å²) in [6.45, 7) is 2.01. The largest absolute Gasteiger partial charge is 0.354 e. The Hall–Kier alpha value is -2.70. The molecule has 1 saturated heterocycles. The van der Waals surface area contributed by atoms with Gasteiger partial charge in [0.1, 0.15) is 5.69 Å². The normalized spacial score (nSPS) is 22.5. The lowest BCUT2D eigenvalue weighted by molar-refractivity contribution is 0.331. The molecule has 1 aliphatic carbocycles. The van der Waals surface area contributed by atoms with E-state index in [1.54, 1.807) is 6.20 Å². The fraction of sp³-hybridized carbons (Fsp3) is 0.444. The van der Waals surface area contributed by atoms with Gasteiger partial charge in [0.05, 0.1) is 6.20 Å². The zero-order chi connectivity index (χ0) is 16.9. The summed E-state index contributed by atoms with van der Waals surface area (Å²) in [6, 6.07) is 4.08. The molecule has 0 amide bonds. The topological polar surface area (TPSA) is 75.5 Å². The molecule has 128 valence electrons. The third-order valence-electron chi connectivity index (χ3n) is 5.72. The van der Waals surface area contributed by atoms with Gasteiger partial charge in [0, 0.05) is 43.6 Å². The molecule has 2 aliphatic rings. The number of imidazole rings is 1. The summed E-state index contributed by atoms with van der Waals surface area (Å²) in [5, 5.41) is 16.4. The average molecular weight is 335 g/mol. The molecule has 7 nitrogen and oxygen atoms in total. The lowest BCUT2D eigenvalue weighted by atomic mass is 9.77. The number of aromatic nitrogens is 6. The van der Waals surface area contributed by atoms with Crippen molar-refractivity contribution in [2.45, 2.75) is 31.1 Å². The third-order valence-corrected chi connectivity index (χ3v) is 5.72. The third kappa shape index (κ3) is 2.26. The van der Waals surface area contributed by atoms with Crippen LogP contribution in [0.4, 0.5) is 5.82 Å². The standard InChI is InChI=1S/C18H21N7/c1-24-10-8-19-17(24)14-3-4-15(22-21-14)25-9-2-6-18(12-25)7-5-13-11-20-23-16(13)18/h3-4,8,10-11H,2,5-7,9,12H2,1H3,(H,20,23). The van der Waals surface area contributed by atoms with E-state index in [1.165, 1.54) is 30.5 Å². The predicted molar refractivity (Wildman–Crippen MR) is 94.3 cm³/mol. The van der Waals surface area contributed by atoms with Gasteiger partial charge >= 0.3 is 0 Å². The van der Waals surface area contributed by atoms with Crippen LogP contribution < -0.4 is 4.90 Å². The summed E-state index contributed by atoms with van der Waals surface area (Å²) in [5.41, 5.74) is 3.73. The molecule has 4 heterocycles. The van der Waals surface area contributed by atoms with Crippen LogP contribution in [0.3, 0.4) is 0 Å². The van der Waals surface area contributed by atoms with Crippen LogP contribution in [-0.4, -0.2) is 43.0 Å². The molecule has 3 aromatic heterocycles. The van der Waals surface area contributed by atoms with Crippen molar-refractivity contribution in [1.82, 2.24) is 29.9 Å². The van der Waals surface area contributed by atoms with Crippen molar-refractivity contribution in [3.63, 3.8) is 0 Å². The van der Waals surface area contributed by atoms with E-state index in [2.05, 4.69) is 36.3 Å². The fourth-order valence-electron chi connectivity index (χ4n) is 4.42. The second-order valence-corrected chi connectivity index (χ2v) is 7.21. The minimum atomic E-state index is 0.199. The zero-order valence-electron chi connectivity index (χ0n) is 14.3. The van der Waals surface area contributed by atoms with Gasteiger partial charge in [0.2, 0.25) is 0 Å². The molecule has 0 aromatic carbocycles. The Morgan fingerprint density at radius 3 is 2.96 bits per heavy atom. The Kier molecular flexibility index (Phi) is 3.16. The maximum Gasteiger partial charge on any atom is 0.160 e. The summed E-state index contributed by atoms with van der Waals surface area (Å²) in [7, 11) is 1.97. The van der Waals surface area contributed by atoms with E-state index in [4.69, 9.17) is 0 Å². The van der Waals surface area contributed by atoms with Crippen molar-refractivity contribution < 1.29 is 0 Å². The maximum atomic E-state index is 4.49. The van der Waals surface area contributed by atoms with Gasteiger partial charge < -0.3 is 9.47 Å². The molecule has 5 rings (SSSR count). The number of hydrogen-bond donors (Lipinski definition) is 1. The lowest BCUT2D eigenvalue weighted by Gasteiger charge is -2.40. The second kappa shape index (κ2) is 5.40. The summed E-state index contributed by atoms with van der Waals surface area (Å²) in [6.07, 6.45) is 10.4. The van der Waals surface area contributed by atoms with Gasteiger partial charge in [-0.3, -0.25) is 5.10 Å². The Morgan fingerprint density at radius 2 is 2.16 bits per heavy atom. The molecule has 1 spiro atoms. The minimum Gasteiger partial charge on any atom is -0.354 e. The molecule has 7 heteroatoms. The molecule has 1 aliphatic heterocycles. The number of anilines is 1. The lowest BCUT2D eigenvalue weighted by Crippen LogP contribution is -2.45. The van der Waals surface area contributed by atoms with Crippen LogP contribution in [0.25, 0.3) is 11.5 Å². The first kappa shape index (κ1) is 14.6. The van der Waals surface area contributed by atoms with Gasteiger partial charge in [0.25, 0.3) is 0 Å². The van der Waals surface area contributed by atoms with Crippen molar-refractivity contribution in [1.29, 1.82) is 0 Å². The highest BCUT2D eigenvalue weighted by Gasteiger charge is 2.43. The Labute approximate surface area is 146 Å². The van der Waals surface area contributed by atoms with E-state index in [9.17, 15) is 0 Å². The van der Waals surface area contributed by atoms with Gasteiger partial charge in [-0.2, -0.15) is 5.10 Å². The highest BCUT2D eigenvalue weighted by molar-refractivity contribution is 5.52. The van der Waals surface area contributed by atoms with Crippen LogP contribution in [0.2, 0.25) is 0 Å². The molecule has 0 radical (unpaired) electrons. The van der Waals surface area contributed by atoms with Crippen molar-refractivity contribution in [3.05, 3.63) is 42.0 Å². The van der Waals surface area contributed by atoms with Crippen LogP contribution in [0.1, 0.15) is 30.5 Å². The van der Waals surface area contributed by atoms with E-state index >= 15 is 0 Å². The first-order valence-corrected chi connectivity index (χ1v) is 8.84. The molecule has 25 heavy (non-hydrogen) atoms.